The van der Waals surface area contributed by atoms with Gasteiger partial charge in [0.05, 0.1) is 11.1 Å². The Kier molecular flexibility index (Phi) is 1.38. The summed E-state index contributed by atoms with van der Waals surface area (Å²) in [6, 6.07) is 8.06. The third-order valence-electron chi connectivity index (χ3n) is 3.72. The Morgan fingerprint density at radius 1 is 1.17 bits per heavy atom. The van der Waals surface area contributed by atoms with Gasteiger partial charge in [-0.15, -0.1) is 0 Å². The number of nitriles is 2. The van der Waals surface area contributed by atoms with Crippen LogP contribution in [0.5, 0.6) is 0 Å². The van der Waals surface area contributed by atoms with E-state index in [2.05, 4.69) is 22.4 Å². The van der Waals surface area contributed by atoms with Gasteiger partial charge < -0.3 is 5.32 Å². The van der Waals surface area contributed by atoms with Gasteiger partial charge in [0.1, 0.15) is 17.7 Å². The minimum Gasteiger partial charge on any atom is -0.373 e. The van der Waals surface area contributed by atoms with Crippen molar-refractivity contribution in [2.45, 2.75) is 5.54 Å². The summed E-state index contributed by atoms with van der Waals surface area (Å²) in [5.74, 6) is 0. The lowest BCUT2D eigenvalue weighted by Gasteiger charge is -2.23. The van der Waals surface area contributed by atoms with Gasteiger partial charge in [0.25, 0.3) is 0 Å². The third kappa shape index (κ3) is 0.742. The molecular weight excluding hydrogens is 224 g/mol. The summed E-state index contributed by atoms with van der Waals surface area (Å²) in [4.78, 5) is 4.09. The number of aromatic nitrogens is 1. The predicted octanol–water partition coefficient (Wildman–Crippen LogP) is 1.43. The van der Waals surface area contributed by atoms with Crippen LogP contribution in [0.3, 0.4) is 0 Å². The number of fused-ring (bicyclic) bond motifs is 1. The summed E-state index contributed by atoms with van der Waals surface area (Å²) in [6.45, 7) is 0. The van der Waals surface area contributed by atoms with Crippen LogP contribution >= 0.6 is 0 Å². The molecule has 1 aromatic rings. The van der Waals surface area contributed by atoms with Crippen LogP contribution in [0.25, 0.3) is 5.57 Å². The number of pyridine rings is 1. The molecule has 0 saturated heterocycles. The van der Waals surface area contributed by atoms with Gasteiger partial charge >= 0.3 is 0 Å². The Balaban J connectivity index is 2.02. The Labute approximate surface area is 103 Å². The third-order valence-corrected chi connectivity index (χ3v) is 3.72. The zero-order valence-electron chi connectivity index (χ0n) is 9.23. The lowest BCUT2D eigenvalue weighted by Crippen LogP contribution is -2.34. The SMILES string of the molecule is N#CC1=C2C3=CNC32C(c2cccnc2)=C1C#N. The Bertz CT molecular complexity index is 768. The highest BCUT2D eigenvalue weighted by molar-refractivity contribution is 6.07. The van der Waals surface area contributed by atoms with Crippen molar-refractivity contribution in [2.75, 3.05) is 0 Å². The molecule has 0 amide bonds. The summed E-state index contributed by atoms with van der Waals surface area (Å²) in [6.07, 6.45) is 5.33. The van der Waals surface area contributed by atoms with E-state index in [0.29, 0.717) is 11.1 Å². The molecule has 1 aromatic heterocycles. The summed E-state index contributed by atoms with van der Waals surface area (Å²) < 4.78 is 0. The second kappa shape index (κ2) is 2.69. The first kappa shape index (κ1) is 9.21. The van der Waals surface area contributed by atoms with Gasteiger partial charge in [0.2, 0.25) is 0 Å². The van der Waals surface area contributed by atoms with E-state index in [4.69, 9.17) is 0 Å². The Hall–Kier alpha value is -2.85. The monoisotopic (exact) mass is 230 g/mol. The lowest BCUT2D eigenvalue weighted by atomic mass is 9.91. The van der Waals surface area contributed by atoms with Crippen molar-refractivity contribution in [1.29, 1.82) is 10.5 Å². The van der Waals surface area contributed by atoms with Crippen molar-refractivity contribution in [3.05, 3.63) is 58.6 Å². The van der Waals surface area contributed by atoms with Gasteiger partial charge in [-0.2, -0.15) is 10.5 Å². The first-order chi connectivity index (χ1) is 8.84. The highest BCUT2D eigenvalue weighted by atomic mass is 15.1. The Morgan fingerprint density at radius 3 is 2.50 bits per heavy atom. The summed E-state index contributed by atoms with van der Waals surface area (Å²) >= 11 is 0. The van der Waals surface area contributed by atoms with Gasteiger partial charge in [0.15, 0.2) is 0 Å². The molecular formula is C14H6N4. The van der Waals surface area contributed by atoms with Crippen molar-refractivity contribution >= 4 is 5.57 Å². The maximum atomic E-state index is 9.30. The number of allylic oxidation sites excluding steroid dienone is 2. The van der Waals surface area contributed by atoms with Crippen LogP contribution in [0, 0.1) is 22.7 Å². The summed E-state index contributed by atoms with van der Waals surface area (Å²) in [5, 5.41) is 21.8. The van der Waals surface area contributed by atoms with Crippen LogP contribution < -0.4 is 5.32 Å². The van der Waals surface area contributed by atoms with E-state index in [9.17, 15) is 10.5 Å². The van der Waals surface area contributed by atoms with Gasteiger partial charge in [-0.1, -0.05) is 6.07 Å². The molecule has 1 unspecified atom stereocenters. The van der Waals surface area contributed by atoms with Crippen LogP contribution in [0.2, 0.25) is 0 Å². The highest BCUT2D eigenvalue weighted by Gasteiger charge is 2.69. The van der Waals surface area contributed by atoms with E-state index in [-0.39, 0.29) is 5.54 Å². The average Bonchev–Trinajstić information content (AvgIpc) is 2.74. The maximum absolute atomic E-state index is 9.30. The normalized spacial score (nSPS) is 26.2. The number of hydrogen-bond donors (Lipinski definition) is 1. The minimum absolute atomic E-state index is 0.348. The second-order valence-electron chi connectivity index (χ2n) is 4.42. The van der Waals surface area contributed by atoms with Crippen molar-refractivity contribution in [2.24, 2.45) is 0 Å². The molecule has 0 aromatic carbocycles. The molecule has 82 valence electrons. The van der Waals surface area contributed by atoms with Gasteiger partial charge in [-0.3, -0.25) is 4.98 Å². The lowest BCUT2D eigenvalue weighted by molar-refractivity contribution is 0.740. The Morgan fingerprint density at radius 2 is 1.94 bits per heavy atom. The van der Waals surface area contributed by atoms with Gasteiger partial charge in [-0.05, 0) is 6.07 Å². The predicted molar refractivity (Wildman–Crippen MR) is 63.4 cm³/mol. The zero-order chi connectivity index (χ0) is 12.3. The molecule has 1 spiro atoms. The van der Waals surface area contributed by atoms with Crippen LogP contribution in [0.1, 0.15) is 5.56 Å². The minimum atomic E-state index is -0.348. The van der Waals surface area contributed by atoms with Crippen molar-refractivity contribution in [3.63, 3.8) is 0 Å². The molecule has 1 N–H and O–H groups in total. The standard InChI is InChI=1S/C14H6N4/c15-4-9-10(5-16)13-11-7-18-14(11,13)12(9)8-2-1-3-17-6-8/h1-3,6-7,18H. The van der Waals surface area contributed by atoms with Crippen LogP contribution in [-0.2, 0) is 0 Å². The van der Waals surface area contributed by atoms with E-state index >= 15 is 0 Å². The number of nitrogens with one attached hydrogen (secondary N) is 1. The molecule has 1 aliphatic heterocycles. The average molecular weight is 230 g/mol. The van der Waals surface area contributed by atoms with Crippen LogP contribution in [-0.4, -0.2) is 10.5 Å². The molecule has 1 atom stereocenters. The smallest absolute Gasteiger partial charge is 0.119 e. The molecule has 2 aliphatic carbocycles. The van der Waals surface area contributed by atoms with E-state index in [1.165, 1.54) is 0 Å². The van der Waals surface area contributed by atoms with Crippen LogP contribution in [0.15, 0.2) is 53.0 Å². The first-order valence-corrected chi connectivity index (χ1v) is 5.53. The molecule has 1 saturated carbocycles. The largest absolute Gasteiger partial charge is 0.373 e. The van der Waals surface area contributed by atoms with E-state index in [1.54, 1.807) is 12.4 Å². The number of rotatable bonds is 1. The highest BCUT2D eigenvalue weighted by Crippen LogP contribution is 2.68. The molecule has 4 rings (SSSR count). The van der Waals surface area contributed by atoms with Crippen LogP contribution in [0.4, 0.5) is 0 Å². The summed E-state index contributed by atoms with van der Waals surface area (Å²) in [5.41, 5.74) is 4.52. The number of nitrogens with zero attached hydrogens (tertiary/aromatic N) is 3. The van der Waals surface area contributed by atoms with Crippen molar-refractivity contribution in [3.8, 4) is 12.1 Å². The molecule has 4 nitrogen and oxygen atoms in total. The molecule has 18 heavy (non-hydrogen) atoms. The zero-order valence-corrected chi connectivity index (χ0v) is 9.23. The second-order valence-corrected chi connectivity index (χ2v) is 4.42. The fourth-order valence-corrected chi connectivity index (χ4v) is 2.92. The van der Waals surface area contributed by atoms with E-state index < -0.39 is 0 Å². The van der Waals surface area contributed by atoms with Crippen molar-refractivity contribution < 1.29 is 0 Å². The number of hydrogen-bond acceptors (Lipinski definition) is 4. The topological polar surface area (TPSA) is 72.5 Å². The van der Waals surface area contributed by atoms with Gasteiger partial charge in [-0.25, -0.2) is 0 Å². The molecule has 0 bridgehead atoms. The quantitative estimate of drug-likeness (QED) is 0.792. The molecule has 0 radical (unpaired) electrons. The van der Waals surface area contributed by atoms with E-state index in [1.807, 2.05) is 18.3 Å². The first-order valence-electron chi connectivity index (χ1n) is 5.53. The molecule has 1 fully saturated rings. The maximum Gasteiger partial charge on any atom is 0.119 e. The molecule has 2 heterocycles. The fraction of sp³-hybridized carbons (Fsp3) is 0.0714. The summed E-state index contributed by atoms with van der Waals surface area (Å²) in [7, 11) is 0. The molecule has 4 heteroatoms. The van der Waals surface area contributed by atoms with Gasteiger partial charge in [0, 0.05) is 40.9 Å². The fourth-order valence-electron chi connectivity index (χ4n) is 2.92. The van der Waals surface area contributed by atoms with Crippen molar-refractivity contribution in [1.82, 2.24) is 10.3 Å². The molecule has 3 aliphatic rings. The van der Waals surface area contributed by atoms with E-state index in [0.717, 1.165) is 22.3 Å².